The monoisotopic (exact) mass is 266 g/mol. The number of hydrogen-bond donors (Lipinski definition) is 0. The lowest BCUT2D eigenvalue weighted by Gasteiger charge is -2.44. The average molecular weight is 266 g/mol. The molecular formula is C15H20F2N2. The molecule has 0 spiro atoms. The molecular weight excluding hydrogens is 246 g/mol. The van der Waals surface area contributed by atoms with E-state index in [4.69, 9.17) is 0 Å². The van der Waals surface area contributed by atoms with Crippen molar-refractivity contribution in [2.45, 2.75) is 38.3 Å². The summed E-state index contributed by atoms with van der Waals surface area (Å²) in [6.07, 6.45) is 3.51. The summed E-state index contributed by atoms with van der Waals surface area (Å²) in [5.74, 6) is -1.52. The summed E-state index contributed by atoms with van der Waals surface area (Å²) in [4.78, 5) is 4.81. The summed E-state index contributed by atoms with van der Waals surface area (Å²) in [5, 5.41) is 0. The minimum absolute atomic E-state index is 0.402. The highest BCUT2D eigenvalue weighted by Crippen LogP contribution is 2.30. The minimum Gasteiger partial charge on any atom is -0.366 e. The Balaban J connectivity index is 1.86. The Hall–Kier alpha value is -1.16. The molecule has 0 aliphatic carbocycles. The molecule has 0 bridgehead atoms. The van der Waals surface area contributed by atoms with Gasteiger partial charge in [0.25, 0.3) is 0 Å². The number of anilines is 1. The van der Waals surface area contributed by atoms with Gasteiger partial charge in [-0.15, -0.1) is 0 Å². The largest absolute Gasteiger partial charge is 0.366 e. The van der Waals surface area contributed by atoms with Crippen LogP contribution >= 0.6 is 0 Å². The summed E-state index contributed by atoms with van der Waals surface area (Å²) in [5.41, 5.74) is 0.817. The average Bonchev–Trinajstić information content (AvgIpc) is 2.87. The van der Waals surface area contributed by atoms with E-state index in [-0.39, 0.29) is 0 Å². The first-order chi connectivity index (χ1) is 9.19. The Morgan fingerprint density at radius 2 is 2.05 bits per heavy atom. The lowest BCUT2D eigenvalue weighted by atomic mass is 10.0. The summed E-state index contributed by atoms with van der Waals surface area (Å²) < 4.78 is 26.5. The molecule has 2 aliphatic rings. The van der Waals surface area contributed by atoms with E-state index in [0.717, 1.165) is 25.2 Å². The van der Waals surface area contributed by atoms with Gasteiger partial charge >= 0.3 is 0 Å². The summed E-state index contributed by atoms with van der Waals surface area (Å²) in [7, 11) is 0. The van der Waals surface area contributed by atoms with Crippen LogP contribution < -0.4 is 4.90 Å². The molecule has 2 nitrogen and oxygen atoms in total. The number of piperazine rings is 1. The summed E-state index contributed by atoms with van der Waals surface area (Å²) in [6, 6.07) is 5.25. The van der Waals surface area contributed by atoms with Gasteiger partial charge in [-0.2, -0.15) is 0 Å². The lowest BCUT2D eigenvalue weighted by Crippen LogP contribution is -2.56. The standard InChI is InChI=1S/C15H20F2N2/c1-2-11-9-18-7-3-4-13(18)10-19(11)12-5-6-14(16)15(17)8-12/h5-6,8,11,13H,2-4,7,9-10H2,1H3. The molecule has 1 aromatic rings. The van der Waals surface area contributed by atoms with Crippen molar-refractivity contribution in [2.75, 3.05) is 24.5 Å². The van der Waals surface area contributed by atoms with Crippen LogP contribution in [0.5, 0.6) is 0 Å². The van der Waals surface area contributed by atoms with Gasteiger partial charge in [0.15, 0.2) is 11.6 Å². The second-order valence-corrected chi connectivity index (χ2v) is 5.60. The predicted molar refractivity (Wildman–Crippen MR) is 72.4 cm³/mol. The van der Waals surface area contributed by atoms with Gasteiger partial charge in [-0.05, 0) is 37.9 Å². The highest BCUT2D eigenvalue weighted by Gasteiger charge is 2.35. The number of hydrogen-bond acceptors (Lipinski definition) is 2. The highest BCUT2D eigenvalue weighted by molar-refractivity contribution is 5.49. The van der Waals surface area contributed by atoms with Gasteiger partial charge in [-0.3, -0.25) is 4.90 Å². The minimum atomic E-state index is -0.767. The van der Waals surface area contributed by atoms with E-state index in [0.29, 0.717) is 12.1 Å². The van der Waals surface area contributed by atoms with E-state index in [2.05, 4.69) is 16.7 Å². The van der Waals surface area contributed by atoms with Crippen molar-refractivity contribution in [1.82, 2.24) is 4.90 Å². The zero-order valence-electron chi connectivity index (χ0n) is 11.3. The lowest BCUT2D eigenvalue weighted by molar-refractivity contribution is 0.194. The van der Waals surface area contributed by atoms with Crippen LogP contribution in [0.4, 0.5) is 14.5 Å². The van der Waals surface area contributed by atoms with Crippen LogP contribution in [0.15, 0.2) is 18.2 Å². The third-order valence-electron chi connectivity index (χ3n) is 4.50. The van der Waals surface area contributed by atoms with Gasteiger partial charge in [0.05, 0.1) is 0 Å². The van der Waals surface area contributed by atoms with Crippen molar-refractivity contribution in [3.63, 3.8) is 0 Å². The molecule has 0 radical (unpaired) electrons. The quantitative estimate of drug-likeness (QED) is 0.812. The smallest absolute Gasteiger partial charge is 0.160 e. The molecule has 0 amide bonds. The highest BCUT2D eigenvalue weighted by atomic mass is 19.2. The fourth-order valence-corrected chi connectivity index (χ4v) is 3.42. The van der Waals surface area contributed by atoms with E-state index in [1.807, 2.05) is 0 Å². The van der Waals surface area contributed by atoms with Crippen LogP contribution in [0.3, 0.4) is 0 Å². The maximum atomic E-state index is 13.4. The number of fused-ring (bicyclic) bond motifs is 1. The van der Waals surface area contributed by atoms with Gasteiger partial charge in [-0.25, -0.2) is 8.78 Å². The predicted octanol–water partition coefficient (Wildman–Crippen LogP) is 3.03. The first-order valence-electron chi connectivity index (χ1n) is 7.14. The molecule has 2 heterocycles. The Bertz CT molecular complexity index is 463. The van der Waals surface area contributed by atoms with E-state index in [1.54, 1.807) is 6.07 Å². The maximum absolute atomic E-state index is 13.4. The number of benzene rings is 1. The van der Waals surface area contributed by atoms with Crippen molar-refractivity contribution in [3.05, 3.63) is 29.8 Å². The van der Waals surface area contributed by atoms with Gasteiger partial charge in [0, 0.05) is 36.9 Å². The molecule has 2 unspecified atom stereocenters. The Kier molecular flexibility index (Phi) is 3.44. The number of halogens is 2. The second kappa shape index (κ2) is 5.08. The van der Waals surface area contributed by atoms with Gasteiger partial charge in [-0.1, -0.05) is 6.92 Å². The van der Waals surface area contributed by atoms with Gasteiger partial charge < -0.3 is 4.90 Å². The molecule has 3 rings (SSSR count). The van der Waals surface area contributed by atoms with E-state index >= 15 is 0 Å². The normalized spacial score (nSPS) is 27.6. The molecule has 2 fully saturated rings. The van der Waals surface area contributed by atoms with Crippen LogP contribution in [0.25, 0.3) is 0 Å². The third kappa shape index (κ3) is 2.34. The molecule has 4 heteroatoms. The molecule has 104 valence electrons. The van der Waals surface area contributed by atoms with Crippen LogP contribution in [-0.4, -0.2) is 36.6 Å². The summed E-state index contributed by atoms with van der Waals surface area (Å²) >= 11 is 0. The fraction of sp³-hybridized carbons (Fsp3) is 0.600. The second-order valence-electron chi connectivity index (χ2n) is 5.60. The molecule has 19 heavy (non-hydrogen) atoms. The van der Waals surface area contributed by atoms with Gasteiger partial charge in [0.2, 0.25) is 0 Å². The van der Waals surface area contributed by atoms with Crippen LogP contribution in [0, 0.1) is 11.6 Å². The molecule has 0 N–H and O–H groups in total. The van der Waals surface area contributed by atoms with Crippen molar-refractivity contribution in [2.24, 2.45) is 0 Å². The van der Waals surface area contributed by atoms with Crippen LogP contribution in [-0.2, 0) is 0 Å². The zero-order valence-corrected chi connectivity index (χ0v) is 11.3. The van der Waals surface area contributed by atoms with Crippen molar-refractivity contribution >= 4 is 5.69 Å². The SMILES string of the molecule is CCC1CN2CCCC2CN1c1ccc(F)c(F)c1. The summed E-state index contributed by atoms with van der Waals surface area (Å²) in [6.45, 7) is 5.32. The molecule has 1 aromatic carbocycles. The van der Waals surface area contributed by atoms with E-state index < -0.39 is 11.6 Å². The molecule has 0 saturated carbocycles. The van der Waals surface area contributed by atoms with Crippen molar-refractivity contribution < 1.29 is 8.78 Å². The van der Waals surface area contributed by atoms with E-state index in [9.17, 15) is 8.78 Å². The zero-order chi connectivity index (χ0) is 13.4. The van der Waals surface area contributed by atoms with Crippen LogP contribution in [0.1, 0.15) is 26.2 Å². The third-order valence-corrected chi connectivity index (χ3v) is 4.50. The number of rotatable bonds is 2. The Labute approximate surface area is 113 Å². The fourth-order valence-electron chi connectivity index (χ4n) is 3.42. The maximum Gasteiger partial charge on any atom is 0.160 e. The van der Waals surface area contributed by atoms with Crippen LogP contribution in [0.2, 0.25) is 0 Å². The Morgan fingerprint density at radius 1 is 1.21 bits per heavy atom. The topological polar surface area (TPSA) is 6.48 Å². The molecule has 2 aliphatic heterocycles. The van der Waals surface area contributed by atoms with Crippen molar-refractivity contribution in [3.8, 4) is 0 Å². The van der Waals surface area contributed by atoms with Crippen molar-refractivity contribution in [1.29, 1.82) is 0 Å². The first kappa shape index (κ1) is 12.9. The first-order valence-corrected chi connectivity index (χ1v) is 7.14. The molecule has 2 saturated heterocycles. The number of nitrogens with zero attached hydrogens (tertiary/aromatic N) is 2. The molecule has 2 atom stereocenters. The van der Waals surface area contributed by atoms with E-state index in [1.165, 1.54) is 31.5 Å². The molecule has 0 aromatic heterocycles. The Morgan fingerprint density at radius 3 is 2.79 bits per heavy atom. The van der Waals surface area contributed by atoms with Gasteiger partial charge in [0.1, 0.15) is 0 Å².